The third-order valence-corrected chi connectivity index (χ3v) is 1.87. The molecular formula is C10H17F3N2. The lowest BCUT2D eigenvalue weighted by Gasteiger charge is -2.23. The van der Waals surface area contributed by atoms with Crippen molar-refractivity contribution in [3.63, 3.8) is 0 Å². The second-order valence-corrected chi connectivity index (χ2v) is 3.97. The van der Waals surface area contributed by atoms with Crippen molar-refractivity contribution in [2.75, 3.05) is 19.6 Å². The summed E-state index contributed by atoms with van der Waals surface area (Å²) in [6.07, 6.45) is -4.63. The first-order chi connectivity index (χ1) is 6.85. The number of hydrogen-bond donors (Lipinski definition) is 0. The summed E-state index contributed by atoms with van der Waals surface area (Å²) in [5.74, 6) is 0.317. The Morgan fingerprint density at radius 3 is 2.27 bits per heavy atom. The second-order valence-electron chi connectivity index (χ2n) is 3.97. The maximum atomic E-state index is 12.0. The molecule has 0 aromatic carbocycles. The zero-order valence-electron chi connectivity index (χ0n) is 9.14. The Morgan fingerprint density at radius 2 is 1.87 bits per heavy atom. The minimum absolute atomic E-state index is 0.0106. The number of hydrogen-bond acceptors (Lipinski definition) is 2. The quantitative estimate of drug-likeness (QED) is 0.691. The molecule has 0 atom stereocenters. The van der Waals surface area contributed by atoms with Crippen LogP contribution in [0.25, 0.3) is 0 Å². The predicted molar refractivity (Wildman–Crippen MR) is 52.2 cm³/mol. The van der Waals surface area contributed by atoms with Crippen LogP contribution >= 0.6 is 0 Å². The van der Waals surface area contributed by atoms with Crippen molar-refractivity contribution in [3.8, 4) is 6.07 Å². The first kappa shape index (κ1) is 14.2. The lowest BCUT2D eigenvalue weighted by molar-refractivity contribution is -0.138. The zero-order chi connectivity index (χ0) is 11.9. The van der Waals surface area contributed by atoms with E-state index in [1.165, 1.54) is 0 Å². The van der Waals surface area contributed by atoms with Crippen LogP contribution in [0, 0.1) is 17.2 Å². The average molecular weight is 222 g/mol. The van der Waals surface area contributed by atoms with Gasteiger partial charge in [0.15, 0.2) is 0 Å². The van der Waals surface area contributed by atoms with Gasteiger partial charge in [-0.05, 0) is 5.92 Å². The molecule has 0 rings (SSSR count). The molecule has 2 nitrogen and oxygen atoms in total. The molecule has 0 spiro atoms. The first-order valence-electron chi connectivity index (χ1n) is 5.01. The van der Waals surface area contributed by atoms with Crippen molar-refractivity contribution in [1.29, 1.82) is 5.26 Å². The molecule has 88 valence electrons. The van der Waals surface area contributed by atoms with Crippen LogP contribution in [-0.4, -0.2) is 30.7 Å². The van der Waals surface area contributed by atoms with Crippen LogP contribution in [-0.2, 0) is 0 Å². The van der Waals surface area contributed by atoms with Crippen molar-refractivity contribution in [2.45, 2.75) is 32.9 Å². The largest absolute Gasteiger partial charge is 0.390 e. The standard InChI is InChI=1S/C10H17F3N2/c1-9(2)8-15(6-3-5-14)7-4-10(11,12)13/h9H,3-4,6-8H2,1-2H3. The second kappa shape index (κ2) is 6.67. The van der Waals surface area contributed by atoms with Gasteiger partial charge in [-0.15, -0.1) is 0 Å². The summed E-state index contributed by atoms with van der Waals surface area (Å²) < 4.78 is 36.0. The summed E-state index contributed by atoms with van der Waals surface area (Å²) in [6, 6.07) is 1.95. The van der Waals surface area contributed by atoms with Crippen LogP contribution < -0.4 is 0 Å². The van der Waals surface area contributed by atoms with Crippen molar-refractivity contribution in [1.82, 2.24) is 4.90 Å². The summed E-state index contributed by atoms with van der Waals surface area (Å²) in [7, 11) is 0. The maximum Gasteiger partial charge on any atom is 0.390 e. The van der Waals surface area contributed by atoms with E-state index in [2.05, 4.69) is 0 Å². The monoisotopic (exact) mass is 222 g/mol. The molecule has 0 aliphatic rings. The van der Waals surface area contributed by atoms with Crippen molar-refractivity contribution < 1.29 is 13.2 Å². The fourth-order valence-corrected chi connectivity index (χ4v) is 1.30. The fourth-order valence-electron chi connectivity index (χ4n) is 1.30. The summed E-state index contributed by atoms with van der Waals surface area (Å²) in [5.41, 5.74) is 0. The molecule has 0 amide bonds. The molecule has 0 fully saturated rings. The van der Waals surface area contributed by atoms with Gasteiger partial charge in [0.25, 0.3) is 0 Å². The van der Waals surface area contributed by atoms with Gasteiger partial charge >= 0.3 is 6.18 Å². The highest BCUT2D eigenvalue weighted by Gasteiger charge is 2.27. The molecule has 0 saturated heterocycles. The number of alkyl halides is 3. The Labute approximate surface area is 88.7 Å². The van der Waals surface area contributed by atoms with Crippen LogP contribution in [0.2, 0.25) is 0 Å². The number of nitriles is 1. The maximum absolute atomic E-state index is 12.0. The normalized spacial score (nSPS) is 12.1. The van der Waals surface area contributed by atoms with Gasteiger partial charge in [0, 0.05) is 26.1 Å². The topological polar surface area (TPSA) is 27.0 Å². The molecule has 0 aliphatic heterocycles. The number of rotatable bonds is 6. The summed E-state index contributed by atoms with van der Waals surface area (Å²) in [5, 5.41) is 8.38. The molecule has 15 heavy (non-hydrogen) atoms. The van der Waals surface area contributed by atoms with Crippen LogP contribution in [0.15, 0.2) is 0 Å². The van der Waals surface area contributed by atoms with E-state index in [4.69, 9.17) is 5.26 Å². The van der Waals surface area contributed by atoms with E-state index in [0.29, 0.717) is 19.0 Å². The van der Waals surface area contributed by atoms with Gasteiger partial charge in [0.05, 0.1) is 12.5 Å². The summed E-state index contributed by atoms with van der Waals surface area (Å²) in [6.45, 7) is 4.92. The summed E-state index contributed by atoms with van der Waals surface area (Å²) >= 11 is 0. The molecule has 0 radical (unpaired) electrons. The smallest absolute Gasteiger partial charge is 0.302 e. The molecular weight excluding hydrogens is 205 g/mol. The first-order valence-corrected chi connectivity index (χ1v) is 5.01. The highest BCUT2D eigenvalue weighted by Crippen LogP contribution is 2.20. The van der Waals surface area contributed by atoms with E-state index in [9.17, 15) is 13.2 Å². The van der Waals surface area contributed by atoms with Crippen LogP contribution in [0.1, 0.15) is 26.7 Å². The molecule has 5 heteroatoms. The number of halogens is 3. The lowest BCUT2D eigenvalue weighted by Crippen LogP contribution is -2.32. The van der Waals surface area contributed by atoms with E-state index in [0.717, 1.165) is 0 Å². The molecule has 0 N–H and O–H groups in total. The fraction of sp³-hybridized carbons (Fsp3) is 0.900. The Morgan fingerprint density at radius 1 is 1.27 bits per heavy atom. The molecule has 0 bridgehead atoms. The molecule has 0 saturated carbocycles. The lowest BCUT2D eigenvalue weighted by atomic mass is 10.2. The van der Waals surface area contributed by atoms with Gasteiger partial charge in [-0.3, -0.25) is 0 Å². The Hall–Kier alpha value is -0.760. The van der Waals surface area contributed by atoms with E-state index in [-0.39, 0.29) is 13.0 Å². The van der Waals surface area contributed by atoms with E-state index in [1.54, 1.807) is 4.90 Å². The summed E-state index contributed by atoms with van der Waals surface area (Å²) in [4.78, 5) is 1.70. The third-order valence-electron chi connectivity index (χ3n) is 1.87. The Bertz CT molecular complexity index is 206. The van der Waals surface area contributed by atoms with Crippen LogP contribution in [0.5, 0.6) is 0 Å². The zero-order valence-corrected chi connectivity index (χ0v) is 9.14. The van der Waals surface area contributed by atoms with E-state index in [1.807, 2.05) is 19.9 Å². The van der Waals surface area contributed by atoms with Crippen molar-refractivity contribution in [3.05, 3.63) is 0 Å². The minimum Gasteiger partial charge on any atom is -0.302 e. The van der Waals surface area contributed by atoms with E-state index < -0.39 is 12.6 Å². The highest BCUT2D eigenvalue weighted by atomic mass is 19.4. The van der Waals surface area contributed by atoms with E-state index >= 15 is 0 Å². The molecule has 0 aromatic heterocycles. The SMILES string of the molecule is CC(C)CN(CCC#N)CCC(F)(F)F. The predicted octanol–water partition coefficient (Wildman–Crippen LogP) is 2.81. The molecule has 0 aliphatic carbocycles. The van der Waals surface area contributed by atoms with Crippen molar-refractivity contribution in [2.24, 2.45) is 5.92 Å². The molecule has 0 aromatic rings. The average Bonchev–Trinajstić information content (AvgIpc) is 2.07. The van der Waals surface area contributed by atoms with Crippen LogP contribution in [0.4, 0.5) is 13.2 Å². The number of nitrogens with zero attached hydrogens (tertiary/aromatic N) is 2. The third kappa shape index (κ3) is 9.54. The van der Waals surface area contributed by atoms with Gasteiger partial charge in [0.2, 0.25) is 0 Å². The van der Waals surface area contributed by atoms with Crippen molar-refractivity contribution >= 4 is 0 Å². The minimum atomic E-state index is -4.11. The van der Waals surface area contributed by atoms with Gasteiger partial charge < -0.3 is 4.90 Å². The van der Waals surface area contributed by atoms with Crippen LogP contribution in [0.3, 0.4) is 0 Å². The Kier molecular flexibility index (Phi) is 6.34. The van der Waals surface area contributed by atoms with Gasteiger partial charge in [-0.2, -0.15) is 18.4 Å². The van der Waals surface area contributed by atoms with Gasteiger partial charge in [0.1, 0.15) is 0 Å². The van der Waals surface area contributed by atoms with Gasteiger partial charge in [-0.25, -0.2) is 0 Å². The highest BCUT2D eigenvalue weighted by molar-refractivity contribution is 4.73. The Balaban J connectivity index is 3.96. The molecule has 0 unspecified atom stereocenters. The molecule has 0 heterocycles. The van der Waals surface area contributed by atoms with Gasteiger partial charge in [-0.1, -0.05) is 13.8 Å².